The van der Waals surface area contributed by atoms with E-state index in [1.165, 1.54) is 0 Å². The maximum Gasteiger partial charge on any atom is 0.251 e. The molecule has 32 heavy (non-hydrogen) atoms. The maximum absolute atomic E-state index is 12.7. The fourth-order valence-corrected chi connectivity index (χ4v) is 4.18. The highest BCUT2D eigenvalue weighted by Gasteiger charge is 2.50. The summed E-state index contributed by atoms with van der Waals surface area (Å²) >= 11 is 0. The van der Waals surface area contributed by atoms with Crippen molar-refractivity contribution in [3.63, 3.8) is 0 Å². The van der Waals surface area contributed by atoms with Crippen LogP contribution in [0.5, 0.6) is 11.5 Å². The molecule has 10 heteroatoms. The molecule has 5 rings (SSSR count). The Labute approximate surface area is 184 Å². The van der Waals surface area contributed by atoms with E-state index in [4.69, 9.17) is 18.9 Å². The molecule has 4 unspecified atom stereocenters. The lowest BCUT2D eigenvalue weighted by atomic mass is 10.1. The summed E-state index contributed by atoms with van der Waals surface area (Å²) in [5.74, 6) is 1.83. The number of amides is 1. The van der Waals surface area contributed by atoms with Gasteiger partial charge in [-0.3, -0.25) is 4.79 Å². The third kappa shape index (κ3) is 3.67. The molecule has 0 bridgehead atoms. The number of benzene rings is 2. The number of carbonyl (C=O) groups is 1. The average molecular weight is 437 g/mol. The molecule has 1 amide bonds. The number of hydrogen-bond acceptors (Lipinski definition) is 8. The number of hydrogen-bond donors (Lipinski definition) is 1. The lowest BCUT2D eigenvalue weighted by molar-refractivity contribution is 0.0615. The Balaban J connectivity index is 1.31. The summed E-state index contributed by atoms with van der Waals surface area (Å²) in [4.78, 5) is 12.7. The van der Waals surface area contributed by atoms with Crippen molar-refractivity contribution in [3.05, 3.63) is 54.1 Å². The molecule has 2 aliphatic heterocycles. The Hall–Kier alpha value is -3.50. The number of carbonyl (C=O) groups excluding carboxylic acids is 1. The monoisotopic (exact) mass is 437 g/mol. The van der Waals surface area contributed by atoms with E-state index >= 15 is 0 Å². The molecular formula is C22H23N5O5. The molecule has 2 saturated heterocycles. The maximum atomic E-state index is 12.7. The first kappa shape index (κ1) is 20.4. The molecule has 10 nitrogen and oxygen atoms in total. The second-order valence-corrected chi connectivity index (χ2v) is 7.65. The lowest BCUT2D eigenvalue weighted by Crippen LogP contribution is -2.44. The lowest BCUT2D eigenvalue weighted by Gasteiger charge is -2.18. The molecular weight excluding hydrogens is 414 g/mol. The van der Waals surface area contributed by atoms with E-state index in [9.17, 15) is 4.79 Å². The van der Waals surface area contributed by atoms with Crippen LogP contribution in [0.15, 0.2) is 48.5 Å². The summed E-state index contributed by atoms with van der Waals surface area (Å²) in [5.41, 5.74) is 1.38. The molecule has 1 aromatic heterocycles. The van der Waals surface area contributed by atoms with Gasteiger partial charge >= 0.3 is 0 Å². The second kappa shape index (κ2) is 8.56. The molecule has 2 fully saturated rings. The smallest absolute Gasteiger partial charge is 0.251 e. The first-order valence-electron chi connectivity index (χ1n) is 10.3. The molecule has 4 atom stereocenters. The molecule has 2 aliphatic rings. The number of aromatic nitrogens is 4. The first-order chi connectivity index (χ1) is 15.7. The van der Waals surface area contributed by atoms with Crippen LogP contribution in [0.1, 0.15) is 16.4 Å². The summed E-state index contributed by atoms with van der Waals surface area (Å²) < 4.78 is 24.3. The first-order valence-corrected chi connectivity index (χ1v) is 10.3. The summed E-state index contributed by atoms with van der Waals surface area (Å²) in [5, 5.41) is 15.3. The van der Waals surface area contributed by atoms with E-state index in [1.54, 1.807) is 43.2 Å². The van der Waals surface area contributed by atoms with Gasteiger partial charge in [-0.05, 0) is 46.8 Å². The van der Waals surface area contributed by atoms with Gasteiger partial charge in [-0.25, -0.2) is 4.68 Å². The van der Waals surface area contributed by atoms with Crippen molar-refractivity contribution < 1.29 is 23.7 Å². The molecule has 0 aliphatic carbocycles. The zero-order chi connectivity index (χ0) is 22.1. The quantitative estimate of drug-likeness (QED) is 0.618. The van der Waals surface area contributed by atoms with E-state index < -0.39 is 0 Å². The number of nitrogens with zero attached hydrogens (tertiary/aromatic N) is 4. The Morgan fingerprint density at radius 3 is 2.59 bits per heavy atom. The molecule has 0 radical (unpaired) electrons. The van der Waals surface area contributed by atoms with Crippen LogP contribution in [0.25, 0.3) is 11.4 Å². The van der Waals surface area contributed by atoms with Gasteiger partial charge < -0.3 is 24.3 Å². The van der Waals surface area contributed by atoms with Gasteiger partial charge in [0, 0.05) is 11.1 Å². The molecule has 3 heterocycles. The van der Waals surface area contributed by atoms with Crippen LogP contribution >= 0.6 is 0 Å². The Morgan fingerprint density at radius 1 is 1.03 bits per heavy atom. The fraction of sp³-hybridized carbons (Fsp3) is 0.364. The number of nitrogens with one attached hydrogen (secondary N) is 1. The van der Waals surface area contributed by atoms with E-state index in [2.05, 4.69) is 20.8 Å². The third-order valence-corrected chi connectivity index (χ3v) is 5.83. The number of methoxy groups -OCH3 is 2. The van der Waals surface area contributed by atoms with Crippen LogP contribution < -0.4 is 14.8 Å². The van der Waals surface area contributed by atoms with Gasteiger partial charge in [-0.1, -0.05) is 12.1 Å². The van der Waals surface area contributed by atoms with Crippen LogP contribution in [0.3, 0.4) is 0 Å². The van der Waals surface area contributed by atoms with Gasteiger partial charge in [0.1, 0.15) is 29.7 Å². The van der Waals surface area contributed by atoms with Gasteiger partial charge in [0.15, 0.2) is 5.82 Å². The Bertz CT molecular complexity index is 1100. The minimum absolute atomic E-state index is 0.187. The zero-order valence-corrected chi connectivity index (χ0v) is 17.7. The van der Waals surface area contributed by atoms with Crippen LogP contribution in [-0.4, -0.2) is 71.8 Å². The number of tetrazole rings is 1. The van der Waals surface area contributed by atoms with Gasteiger partial charge in [0.2, 0.25) is 0 Å². The molecule has 2 aromatic carbocycles. The Morgan fingerprint density at radius 2 is 1.81 bits per heavy atom. The van der Waals surface area contributed by atoms with Crippen molar-refractivity contribution >= 4 is 5.91 Å². The topological polar surface area (TPSA) is 110 Å². The molecule has 3 aromatic rings. The molecule has 0 saturated carbocycles. The van der Waals surface area contributed by atoms with E-state index in [-0.39, 0.29) is 30.2 Å². The average Bonchev–Trinajstić information content (AvgIpc) is 3.56. The normalized spacial score (nSPS) is 24.2. The largest absolute Gasteiger partial charge is 0.497 e. The van der Waals surface area contributed by atoms with Crippen LogP contribution in [0, 0.1) is 0 Å². The van der Waals surface area contributed by atoms with Crippen molar-refractivity contribution in [1.29, 1.82) is 0 Å². The standard InChI is InChI=1S/C22H23N5O5/c1-29-15-8-6-13(7-9-15)22(28)23-17-11-31-20-18(12-32-19(17)20)27-21(24-25-26-27)14-4-3-5-16(10-14)30-2/h3-10,17-20H,11-12H2,1-2H3,(H,23,28). The predicted octanol–water partition coefficient (Wildman–Crippen LogP) is 1.49. The summed E-state index contributed by atoms with van der Waals surface area (Å²) in [6.45, 7) is 0.733. The van der Waals surface area contributed by atoms with E-state index in [0.717, 1.165) is 11.3 Å². The zero-order valence-electron chi connectivity index (χ0n) is 17.7. The Kier molecular flexibility index (Phi) is 5.46. The van der Waals surface area contributed by atoms with Crippen molar-refractivity contribution in [3.8, 4) is 22.9 Å². The van der Waals surface area contributed by atoms with E-state index in [0.29, 0.717) is 30.4 Å². The van der Waals surface area contributed by atoms with Crippen molar-refractivity contribution in [1.82, 2.24) is 25.5 Å². The summed E-state index contributed by atoms with van der Waals surface area (Å²) in [6, 6.07) is 14.0. The number of ether oxygens (including phenoxy) is 4. The third-order valence-electron chi connectivity index (χ3n) is 5.83. The van der Waals surface area contributed by atoms with Gasteiger partial charge in [0.05, 0.1) is 33.5 Å². The van der Waals surface area contributed by atoms with Crippen LogP contribution in [0.2, 0.25) is 0 Å². The molecule has 1 N–H and O–H groups in total. The van der Waals surface area contributed by atoms with Gasteiger partial charge in [-0.15, -0.1) is 5.10 Å². The van der Waals surface area contributed by atoms with Crippen molar-refractivity contribution in [2.45, 2.75) is 24.3 Å². The van der Waals surface area contributed by atoms with Crippen LogP contribution in [-0.2, 0) is 9.47 Å². The minimum Gasteiger partial charge on any atom is -0.497 e. The second-order valence-electron chi connectivity index (χ2n) is 7.65. The van der Waals surface area contributed by atoms with E-state index in [1.807, 2.05) is 24.3 Å². The summed E-state index contributed by atoms with van der Waals surface area (Å²) in [6.07, 6.45) is -0.561. The van der Waals surface area contributed by atoms with Crippen molar-refractivity contribution in [2.75, 3.05) is 27.4 Å². The van der Waals surface area contributed by atoms with Crippen LogP contribution in [0.4, 0.5) is 0 Å². The highest BCUT2D eigenvalue weighted by molar-refractivity contribution is 5.94. The summed E-state index contributed by atoms with van der Waals surface area (Å²) in [7, 11) is 3.20. The SMILES string of the molecule is COc1ccc(C(=O)NC2COC3C2OCC3n2nnnc2-c2cccc(OC)c2)cc1. The highest BCUT2D eigenvalue weighted by Crippen LogP contribution is 2.36. The predicted molar refractivity (Wildman–Crippen MR) is 113 cm³/mol. The molecule has 0 spiro atoms. The van der Waals surface area contributed by atoms with Gasteiger partial charge in [0.25, 0.3) is 5.91 Å². The number of rotatable bonds is 6. The fourth-order valence-electron chi connectivity index (χ4n) is 4.18. The molecule has 166 valence electrons. The number of fused-ring (bicyclic) bond motifs is 1. The van der Waals surface area contributed by atoms with Gasteiger partial charge in [-0.2, -0.15) is 0 Å². The van der Waals surface area contributed by atoms with Crippen molar-refractivity contribution in [2.24, 2.45) is 0 Å². The minimum atomic E-state index is -0.287. The highest BCUT2D eigenvalue weighted by atomic mass is 16.6.